The van der Waals surface area contributed by atoms with E-state index in [4.69, 9.17) is 9.15 Å². The number of nitrogens with zero attached hydrogens (tertiary/aromatic N) is 2. The van der Waals surface area contributed by atoms with Crippen LogP contribution in [0, 0.1) is 6.92 Å². The van der Waals surface area contributed by atoms with Gasteiger partial charge in [-0.1, -0.05) is 18.2 Å². The van der Waals surface area contributed by atoms with Crippen molar-refractivity contribution in [3.05, 3.63) is 64.9 Å². The molecule has 1 fully saturated rings. The molecule has 1 saturated heterocycles. The average Bonchev–Trinajstić information content (AvgIpc) is 3.47. The molecule has 0 aliphatic carbocycles. The van der Waals surface area contributed by atoms with Crippen LogP contribution >= 0.6 is 0 Å². The van der Waals surface area contributed by atoms with Gasteiger partial charge in [0.15, 0.2) is 0 Å². The van der Waals surface area contributed by atoms with E-state index in [9.17, 15) is 19.2 Å². The van der Waals surface area contributed by atoms with Crippen molar-refractivity contribution in [1.82, 2.24) is 14.8 Å². The topological polar surface area (TPSA) is 120 Å². The van der Waals surface area contributed by atoms with Gasteiger partial charge in [0.05, 0.1) is 20.8 Å². The lowest BCUT2D eigenvalue weighted by molar-refractivity contribution is -0.141. The molecule has 3 amide bonds. The number of hydrogen-bond donors (Lipinski definition) is 1. The van der Waals surface area contributed by atoms with Gasteiger partial charge in [0.2, 0.25) is 5.76 Å². The fourth-order valence-corrected chi connectivity index (χ4v) is 3.73. The maximum atomic E-state index is 13.0. The predicted octanol–water partition coefficient (Wildman–Crippen LogP) is 2.60. The molecule has 2 aromatic heterocycles. The predicted molar refractivity (Wildman–Crippen MR) is 116 cm³/mol. The van der Waals surface area contributed by atoms with Crippen LogP contribution in [0.1, 0.15) is 27.6 Å². The van der Waals surface area contributed by atoms with Gasteiger partial charge < -0.3 is 23.8 Å². The second-order valence-electron chi connectivity index (χ2n) is 7.32. The average molecular weight is 451 g/mol. The van der Waals surface area contributed by atoms with E-state index in [1.807, 2.05) is 31.2 Å². The summed E-state index contributed by atoms with van der Waals surface area (Å²) in [7, 11) is 2.55. The normalized spacial score (nSPS) is 14.8. The molecule has 10 heteroatoms. The highest BCUT2D eigenvalue weighted by Gasteiger charge is 2.35. The van der Waals surface area contributed by atoms with Crippen molar-refractivity contribution in [2.75, 3.05) is 14.2 Å². The van der Waals surface area contributed by atoms with E-state index < -0.39 is 23.9 Å². The van der Waals surface area contributed by atoms with Crippen molar-refractivity contribution in [1.29, 1.82) is 0 Å². The molecule has 1 aliphatic heterocycles. The van der Waals surface area contributed by atoms with E-state index in [0.29, 0.717) is 5.56 Å². The van der Waals surface area contributed by atoms with Crippen LogP contribution in [0.25, 0.3) is 17.0 Å². The molecule has 1 N–H and O–H groups in total. The number of carbonyl (C=O) groups excluding carboxylic acids is 4. The minimum absolute atomic E-state index is 0.0134. The van der Waals surface area contributed by atoms with E-state index in [1.165, 1.54) is 26.4 Å². The van der Waals surface area contributed by atoms with Crippen LogP contribution in [0.15, 0.2) is 46.5 Å². The van der Waals surface area contributed by atoms with Crippen LogP contribution in [0.5, 0.6) is 0 Å². The van der Waals surface area contributed by atoms with Crippen molar-refractivity contribution >= 4 is 40.9 Å². The first-order chi connectivity index (χ1) is 15.8. The number of fused-ring (bicyclic) bond motifs is 1. The van der Waals surface area contributed by atoms with Gasteiger partial charge in [-0.2, -0.15) is 0 Å². The van der Waals surface area contributed by atoms with Gasteiger partial charge in [0.25, 0.3) is 5.91 Å². The zero-order valence-corrected chi connectivity index (χ0v) is 18.2. The summed E-state index contributed by atoms with van der Waals surface area (Å²) in [5, 5.41) is 3.40. The maximum Gasteiger partial charge on any atom is 0.373 e. The van der Waals surface area contributed by atoms with Gasteiger partial charge in [-0.25, -0.2) is 9.59 Å². The Hall–Kier alpha value is -4.34. The number of imide groups is 1. The number of methoxy groups -OCH3 is 2. The lowest BCUT2D eigenvalue weighted by Gasteiger charge is -2.09. The molecule has 10 nitrogen and oxygen atoms in total. The lowest BCUT2D eigenvalue weighted by Crippen LogP contribution is -2.30. The molecule has 170 valence electrons. The van der Waals surface area contributed by atoms with E-state index in [0.717, 1.165) is 21.5 Å². The van der Waals surface area contributed by atoms with Crippen molar-refractivity contribution in [3.63, 3.8) is 0 Å². The highest BCUT2D eigenvalue weighted by Crippen LogP contribution is 2.29. The molecule has 0 unspecified atom stereocenters. The second-order valence-corrected chi connectivity index (χ2v) is 7.32. The largest absolute Gasteiger partial charge is 0.468 e. The Morgan fingerprint density at radius 1 is 1.09 bits per heavy atom. The number of aromatic nitrogens is 1. The Kier molecular flexibility index (Phi) is 5.74. The molecular formula is C23H21N3O7. The molecule has 4 rings (SSSR count). The minimum Gasteiger partial charge on any atom is -0.468 e. The fourth-order valence-electron chi connectivity index (χ4n) is 3.73. The highest BCUT2D eigenvalue weighted by molar-refractivity contribution is 6.14. The molecule has 0 saturated carbocycles. The second kappa shape index (κ2) is 8.65. The third kappa shape index (κ3) is 3.98. The Morgan fingerprint density at radius 3 is 2.58 bits per heavy atom. The molecule has 33 heavy (non-hydrogen) atoms. The fraction of sp³-hybridized carbons (Fsp3) is 0.217. The van der Waals surface area contributed by atoms with Gasteiger partial charge in [-0.05, 0) is 31.2 Å². The maximum absolute atomic E-state index is 13.0. The van der Waals surface area contributed by atoms with Crippen molar-refractivity contribution in [3.8, 4) is 0 Å². The van der Waals surface area contributed by atoms with E-state index in [-0.39, 0.29) is 30.3 Å². The summed E-state index contributed by atoms with van der Waals surface area (Å²) in [6.45, 7) is 1.69. The number of hydrogen-bond acceptors (Lipinski definition) is 7. The van der Waals surface area contributed by atoms with E-state index >= 15 is 0 Å². The number of furan rings is 1. The highest BCUT2D eigenvalue weighted by atomic mass is 16.5. The summed E-state index contributed by atoms with van der Waals surface area (Å²) in [4.78, 5) is 49.9. The summed E-state index contributed by atoms with van der Waals surface area (Å²) in [6, 6.07) is 9.74. The van der Waals surface area contributed by atoms with Crippen LogP contribution in [0.4, 0.5) is 4.79 Å². The van der Waals surface area contributed by atoms with Crippen LogP contribution in [0.2, 0.25) is 0 Å². The summed E-state index contributed by atoms with van der Waals surface area (Å²) in [5.41, 5.74) is 2.32. The Bertz CT molecular complexity index is 1310. The number of carbonyl (C=O) groups is 4. The van der Waals surface area contributed by atoms with Gasteiger partial charge in [0, 0.05) is 22.2 Å². The van der Waals surface area contributed by atoms with Crippen LogP contribution in [-0.4, -0.2) is 47.6 Å². The molecule has 0 radical (unpaired) electrons. The number of benzene rings is 1. The minimum atomic E-state index is -0.655. The zero-order valence-electron chi connectivity index (χ0n) is 18.2. The zero-order chi connectivity index (χ0) is 23.7. The first kappa shape index (κ1) is 21.9. The number of para-hydroxylation sites is 1. The number of nitrogens with one attached hydrogen (secondary N) is 1. The molecular weight excluding hydrogens is 430 g/mol. The Labute approximate surface area is 188 Å². The van der Waals surface area contributed by atoms with Crippen LogP contribution < -0.4 is 5.32 Å². The number of urea groups is 1. The standard InChI is InChI=1S/C23H21N3O7/c1-13-16(15-6-4-5-7-18(15)25(13)12-20(27)31-2)10-17-21(28)26(23(30)24-17)11-14-8-9-19(33-14)22(29)32-3/h4-10H,11-12H2,1-3H3,(H,24,30)/b17-10-. The SMILES string of the molecule is COC(=O)Cn1c(C)c(/C=C2\NC(=O)N(Cc3ccc(C(=O)OC)o3)C2=O)c2ccccc21. The van der Waals surface area contributed by atoms with E-state index in [1.54, 1.807) is 10.6 Å². The van der Waals surface area contributed by atoms with Crippen molar-refractivity contribution in [2.24, 2.45) is 0 Å². The molecule has 3 aromatic rings. The first-order valence-electron chi connectivity index (χ1n) is 10.00. The number of esters is 2. The van der Waals surface area contributed by atoms with Gasteiger partial charge in [-0.3, -0.25) is 14.5 Å². The molecule has 1 aliphatic rings. The monoisotopic (exact) mass is 451 g/mol. The molecule has 3 heterocycles. The molecule has 0 atom stereocenters. The lowest BCUT2D eigenvalue weighted by atomic mass is 10.1. The number of rotatable bonds is 6. The third-order valence-corrected chi connectivity index (χ3v) is 5.41. The van der Waals surface area contributed by atoms with Crippen molar-refractivity contribution < 1.29 is 33.1 Å². The van der Waals surface area contributed by atoms with Gasteiger partial charge in [-0.15, -0.1) is 0 Å². The molecule has 1 aromatic carbocycles. The van der Waals surface area contributed by atoms with Crippen LogP contribution in [0.3, 0.4) is 0 Å². The summed E-state index contributed by atoms with van der Waals surface area (Å²) in [5.74, 6) is -1.37. The molecule has 0 bridgehead atoms. The molecule has 0 spiro atoms. The number of ether oxygens (including phenoxy) is 2. The van der Waals surface area contributed by atoms with E-state index in [2.05, 4.69) is 10.1 Å². The Balaban J connectivity index is 1.65. The van der Waals surface area contributed by atoms with Gasteiger partial charge in [0.1, 0.15) is 18.0 Å². The van der Waals surface area contributed by atoms with Crippen molar-refractivity contribution in [2.45, 2.75) is 20.0 Å². The third-order valence-electron chi connectivity index (χ3n) is 5.41. The van der Waals surface area contributed by atoms with Gasteiger partial charge >= 0.3 is 18.0 Å². The summed E-state index contributed by atoms with van der Waals surface area (Å²) >= 11 is 0. The van der Waals surface area contributed by atoms with Crippen LogP contribution in [-0.2, 0) is 32.2 Å². The first-order valence-corrected chi connectivity index (χ1v) is 10.00. The summed E-state index contributed by atoms with van der Waals surface area (Å²) in [6.07, 6.45) is 1.59. The quantitative estimate of drug-likeness (QED) is 0.347. The smallest absolute Gasteiger partial charge is 0.373 e. The Morgan fingerprint density at radius 2 is 1.85 bits per heavy atom. The summed E-state index contributed by atoms with van der Waals surface area (Å²) < 4.78 is 16.5. The number of amides is 3.